The number of ketones is 1. The zero-order chi connectivity index (χ0) is 15.5. The summed E-state index contributed by atoms with van der Waals surface area (Å²) in [5, 5.41) is 5.23. The summed E-state index contributed by atoms with van der Waals surface area (Å²) >= 11 is 0. The number of hydrogen-bond donors (Lipinski definition) is 2. The maximum atomic E-state index is 11.5. The molecule has 0 aliphatic carbocycles. The molecule has 0 spiro atoms. The standard InChI is InChI=1S/C13H22N2O2.C2H6/c1-6-7-14-10(2)12(17)15-9-11(16)8-13(3,4)5;1-2/h6-7,14H,2,8-9H2,1,3-5H3,(H,15,17);1-2H3/b7-6-;. The number of rotatable bonds is 6. The lowest BCUT2D eigenvalue weighted by Gasteiger charge is -2.16. The van der Waals surface area contributed by atoms with E-state index in [1.807, 2.05) is 41.5 Å². The molecule has 0 fully saturated rings. The minimum absolute atomic E-state index is 0.0182. The second-order valence-corrected chi connectivity index (χ2v) is 5.08. The quantitative estimate of drug-likeness (QED) is 0.728. The minimum Gasteiger partial charge on any atom is -0.358 e. The molecule has 110 valence electrons. The van der Waals surface area contributed by atoms with Gasteiger partial charge in [-0.25, -0.2) is 0 Å². The first-order chi connectivity index (χ1) is 8.76. The van der Waals surface area contributed by atoms with Crippen LogP contribution in [0.3, 0.4) is 0 Å². The normalized spacial score (nSPS) is 10.4. The number of Topliss-reactive ketones (excluding diaryl/α,β-unsaturated/α-hetero) is 1. The summed E-state index contributed by atoms with van der Waals surface area (Å²) in [6.07, 6.45) is 3.81. The van der Waals surface area contributed by atoms with Crippen molar-refractivity contribution in [2.45, 2.75) is 48.0 Å². The fourth-order valence-corrected chi connectivity index (χ4v) is 1.19. The Hall–Kier alpha value is -1.58. The summed E-state index contributed by atoms with van der Waals surface area (Å²) in [6, 6.07) is 0. The van der Waals surface area contributed by atoms with Gasteiger partial charge in [-0.1, -0.05) is 47.3 Å². The topological polar surface area (TPSA) is 58.2 Å². The lowest BCUT2D eigenvalue weighted by Crippen LogP contribution is -2.34. The highest BCUT2D eigenvalue weighted by Gasteiger charge is 2.16. The van der Waals surface area contributed by atoms with E-state index in [-0.39, 0.29) is 29.3 Å². The van der Waals surface area contributed by atoms with Crippen molar-refractivity contribution in [3.63, 3.8) is 0 Å². The molecule has 4 heteroatoms. The second-order valence-electron chi connectivity index (χ2n) is 5.08. The Morgan fingerprint density at radius 3 is 2.16 bits per heavy atom. The van der Waals surface area contributed by atoms with E-state index in [1.165, 1.54) is 0 Å². The molecule has 19 heavy (non-hydrogen) atoms. The molecule has 0 unspecified atom stereocenters. The molecule has 0 aliphatic heterocycles. The van der Waals surface area contributed by atoms with Crippen LogP contribution in [-0.4, -0.2) is 18.2 Å². The molecule has 0 rings (SSSR count). The largest absolute Gasteiger partial charge is 0.358 e. The SMILES string of the molecule is C=C(N/C=C\C)C(=O)NCC(=O)CC(C)(C)C.CC. The van der Waals surface area contributed by atoms with Gasteiger partial charge in [-0.2, -0.15) is 0 Å². The summed E-state index contributed by atoms with van der Waals surface area (Å²) in [4.78, 5) is 23.0. The van der Waals surface area contributed by atoms with E-state index in [0.29, 0.717) is 6.42 Å². The van der Waals surface area contributed by atoms with Gasteiger partial charge in [-0.15, -0.1) is 0 Å². The average molecular weight is 268 g/mol. The van der Waals surface area contributed by atoms with Crippen molar-refractivity contribution in [1.29, 1.82) is 0 Å². The molecule has 0 atom stereocenters. The predicted molar refractivity (Wildman–Crippen MR) is 80.5 cm³/mol. The Bertz CT molecular complexity index is 326. The Morgan fingerprint density at radius 1 is 1.21 bits per heavy atom. The van der Waals surface area contributed by atoms with Gasteiger partial charge < -0.3 is 10.6 Å². The highest BCUT2D eigenvalue weighted by Crippen LogP contribution is 2.18. The van der Waals surface area contributed by atoms with Crippen LogP contribution in [-0.2, 0) is 9.59 Å². The van der Waals surface area contributed by atoms with Crippen molar-refractivity contribution >= 4 is 11.7 Å². The van der Waals surface area contributed by atoms with E-state index < -0.39 is 0 Å². The Balaban J connectivity index is 0. The molecule has 0 aromatic carbocycles. The van der Waals surface area contributed by atoms with E-state index >= 15 is 0 Å². The van der Waals surface area contributed by atoms with Crippen LogP contribution in [0.2, 0.25) is 0 Å². The number of carbonyl (C=O) groups is 2. The maximum Gasteiger partial charge on any atom is 0.267 e. The third-order valence-corrected chi connectivity index (χ3v) is 1.87. The van der Waals surface area contributed by atoms with Gasteiger partial charge >= 0.3 is 0 Å². The van der Waals surface area contributed by atoms with Crippen molar-refractivity contribution in [2.24, 2.45) is 5.41 Å². The van der Waals surface area contributed by atoms with Gasteiger partial charge in [0.05, 0.1) is 12.2 Å². The number of hydrogen-bond acceptors (Lipinski definition) is 3. The Morgan fingerprint density at radius 2 is 1.74 bits per heavy atom. The number of nitrogens with one attached hydrogen (secondary N) is 2. The Labute approximate surface area is 117 Å². The maximum absolute atomic E-state index is 11.5. The van der Waals surface area contributed by atoms with Crippen LogP contribution in [0.4, 0.5) is 0 Å². The highest BCUT2D eigenvalue weighted by atomic mass is 16.2. The smallest absolute Gasteiger partial charge is 0.267 e. The predicted octanol–water partition coefficient (Wildman–Crippen LogP) is 2.77. The van der Waals surface area contributed by atoms with Crippen LogP contribution in [0, 0.1) is 5.41 Å². The van der Waals surface area contributed by atoms with E-state index in [4.69, 9.17) is 0 Å². The van der Waals surface area contributed by atoms with Crippen LogP contribution in [0.25, 0.3) is 0 Å². The molecular formula is C15H28N2O2. The van der Waals surface area contributed by atoms with E-state index in [1.54, 1.807) is 12.3 Å². The highest BCUT2D eigenvalue weighted by molar-refractivity contribution is 5.95. The number of carbonyl (C=O) groups excluding carboxylic acids is 2. The first kappa shape index (κ1) is 19.8. The van der Waals surface area contributed by atoms with Crippen molar-refractivity contribution in [3.8, 4) is 0 Å². The van der Waals surface area contributed by atoms with E-state index in [0.717, 1.165) is 0 Å². The van der Waals surface area contributed by atoms with Crippen LogP contribution in [0.5, 0.6) is 0 Å². The zero-order valence-electron chi connectivity index (χ0n) is 13.1. The summed E-state index contributed by atoms with van der Waals surface area (Å²) in [5.74, 6) is -0.338. The third-order valence-electron chi connectivity index (χ3n) is 1.87. The fraction of sp³-hybridized carbons (Fsp3) is 0.600. The third kappa shape index (κ3) is 12.7. The zero-order valence-corrected chi connectivity index (χ0v) is 13.1. The van der Waals surface area contributed by atoms with E-state index in [9.17, 15) is 9.59 Å². The van der Waals surface area contributed by atoms with Crippen molar-refractivity contribution in [2.75, 3.05) is 6.54 Å². The lowest BCUT2D eigenvalue weighted by atomic mass is 9.90. The Kier molecular flexibility index (Phi) is 10.8. The molecule has 0 heterocycles. The van der Waals surface area contributed by atoms with Crippen LogP contribution in [0.1, 0.15) is 48.0 Å². The van der Waals surface area contributed by atoms with Crippen LogP contribution >= 0.6 is 0 Å². The first-order valence-corrected chi connectivity index (χ1v) is 6.63. The van der Waals surface area contributed by atoms with Crippen LogP contribution in [0.15, 0.2) is 24.6 Å². The fourth-order valence-electron chi connectivity index (χ4n) is 1.19. The molecular weight excluding hydrogens is 240 g/mol. The molecule has 0 aliphatic rings. The van der Waals surface area contributed by atoms with Crippen molar-refractivity contribution in [3.05, 3.63) is 24.6 Å². The molecule has 0 saturated heterocycles. The molecule has 1 amide bonds. The lowest BCUT2D eigenvalue weighted by molar-refractivity contribution is -0.124. The summed E-state index contributed by atoms with van der Waals surface area (Å²) in [7, 11) is 0. The van der Waals surface area contributed by atoms with Crippen LogP contribution < -0.4 is 10.6 Å². The monoisotopic (exact) mass is 268 g/mol. The molecule has 4 nitrogen and oxygen atoms in total. The van der Waals surface area contributed by atoms with Crippen molar-refractivity contribution in [1.82, 2.24) is 10.6 Å². The average Bonchev–Trinajstić information content (AvgIpc) is 2.33. The summed E-state index contributed by atoms with van der Waals surface area (Å²) in [6.45, 7) is 15.4. The van der Waals surface area contributed by atoms with Gasteiger partial charge in [0.15, 0.2) is 5.78 Å². The van der Waals surface area contributed by atoms with Gasteiger partial charge in [0.2, 0.25) is 0 Å². The van der Waals surface area contributed by atoms with Gasteiger partial charge in [0, 0.05) is 6.42 Å². The number of amides is 1. The number of allylic oxidation sites excluding steroid dienone is 1. The second kappa shape index (κ2) is 10.4. The molecule has 0 aromatic heterocycles. The van der Waals surface area contributed by atoms with Gasteiger partial charge in [0.1, 0.15) is 0 Å². The van der Waals surface area contributed by atoms with E-state index in [2.05, 4.69) is 17.2 Å². The molecule has 2 N–H and O–H groups in total. The minimum atomic E-state index is -0.356. The molecule has 0 saturated carbocycles. The summed E-state index contributed by atoms with van der Waals surface area (Å²) < 4.78 is 0. The molecule has 0 aromatic rings. The van der Waals surface area contributed by atoms with Gasteiger partial charge in [0.25, 0.3) is 5.91 Å². The van der Waals surface area contributed by atoms with Gasteiger partial charge in [-0.3, -0.25) is 9.59 Å². The molecule has 0 radical (unpaired) electrons. The first-order valence-electron chi connectivity index (χ1n) is 6.63. The van der Waals surface area contributed by atoms with Crippen molar-refractivity contribution < 1.29 is 9.59 Å². The van der Waals surface area contributed by atoms with Gasteiger partial charge in [-0.05, 0) is 18.5 Å². The summed E-state index contributed by atoms with van der Waals surface area (Å²) in [5.41, 5.74) is 0.175. The molecule has 0 bridgehead atoms.